The van der Waals surface area contributed by atoms with Crippen LogP contribution in [0, 0.1) is 0 Å². The van der Waals surface area contributed by atoms with Crippen molar-refractivity contribution in [2.75, 3.05) is 5.32 Å². The number of hydrogen-bond donors (Lipinski definition) is 1. The number of amides is 1. The molecule has 1 N–H and O–H groups in total. The van der Waals surface area contributed by atoms with Crippen LogP contribution in [0.1, 0.15) is 15.2 Å². The second-order valence-electron chi connectivity index (χ2n) is 6.22. The number of nitrogens with one attached hydrogen (secondary N) is 1. The molecular formula is C22H14F3NOS. The number of benzene rings is 3. The van der Waals surface area contributed by atoms with Crippen LogP contribution in [0.2, 0.25) is 0 Å². The van der Waals surface area contributed by atoms with Gasteiger partial charge in [-0.15, -0.1) is 11.3 Å². The molecule has 0 fully saturated rings. The molecule has 4 rings (SSSR count). The van der Waals surface area contributed by atoms with Crippen molar-refractivity contribution in [3.63, 3.8) is 0 Å². The van der Waals surface area contributed by atoms with Gasteiger partial charge >= 0.3 is 6.18 Å². The molecule has 0 aliphatic carbocycles. The minimum absolute atomic E-state index is 0.249. The van der Waals surface area contributed by atoms with Gasteiger partial charge in [0.05, 0.1) is 10.4 Å². The van der Waals surface area contributed by atoms with E-state index < -0.39 is 11.7 Å². The zero-order valence-electron chi connectivity index (χ0n) is 14.5. The normalized spacial score (nSPS) is 11.5. The van der Waals surface area contributed by atoms with Crippen molar-refractivity contribution in [2.24, 2.45) is 0 Å². The van der Waals surface area contributed by atoms with Gasteiger partial charge in [-0.05, 0) is 41.3 Å². The predicted molar refractivity (Wildman–Crippen MR) is 107 cm³/mol. The molecular weight excluding hydrogens is 383 g/mol. The van der Waals surface area contributed by atoms with Gasteiger partial charge in [-0.1, -0.05) is 48.5 Å². The van der Waals surface area contributed by atoms with E-state index in [0.717, 1.165) is 22.2 Å². The Morgan fingerprint density at radius 1 is 0.857 bits per heavy atom. The van der Waals surface area contributed by atoms with E-state index in [1.54, 1.807) is 24.3 Å². The molecule has 0 radical (unpaired) electrons. The Labute approximate surface area is 163 Å². The van der Waals surface area contributed by atoms with Crippen molar-refractivity contribution in [1.29, 1.82) is 0 Å². The molecule has 0 bridgehead atoms. The predicted octanol–water partition coefficient (Wildman–Crippen LogP) is 6.84. The van der Waals surface area contributed by atoms with Crippen molar-refractivity contribution in [3.8, 4) is 11.1 Å². The number of alkyl halides is 3. The third-order valence-electron chi connectivity index (χ3n) is 4.35. The SMILES string of the molecule is O=C(Nc1ccccc1-c1ccc(C(F)(F)F)cc1)c1cc2ccccc2s1. The van der Waals surface area contributed by atoms with Crippen molar-refractivity contribution in [2.45, 2.75) is 6.18 Å². The summed E-state index contributed by atoms with van der Waals surface area (Å²) in [5, 5.41) is 3.87. The number of para-hydroxylation sites is 1. The lowest BCUT2D eigenvalue weighted by atomic mass is 10.0. The second-order valence-corrected chi connectivity index (χ2v) is 7.31. The second kappa shape index (κ2) is 7.13. The molecule has 1 aromatic heterocycles. The van der Waals surface area contributed by atoms with Gasteiger partial charge in [-0.2, -0.15) is 13.2 Å². The molecule has 0 atom stereocenters. The fourth-order valence-electron chi connectivity index (χ4n) is 2.96. The summed E-state index contributed by atoms with van der Waals surface area (Å²) in [4.78, 5) is 13.3. The quantitative estimate of drug-likeness (QED) is 0.403. The van der Waals surface area contributed by atoms with Gasteiger partial charge in [0.25, 0.3) is 5.91 Å². The molecule has 0 saturated heterocycles. The molecule has 2 nitrogen and oxygen atoms in total. The molecule has 1 amide bonds. The smallest absolute Gasteiger partial charge is 0.321 e. The standard InChI is InChI=1S/C22H14F3NOS/c23-22(24,25)16-11-9-14(10-12-16)17-6-2-3-7-18(17)26-21(27)20-13-15-5-1-4-8-19(15)28-20/h1-13H,(H,26,27). The van der Waals surface area contributed by atoms with Crippen molar-refractivity contribution < 1.29 is 18.0 Å². The van der Waals surface area contributed by atoms with Crippen molar-refractivity contribution in [3.05, 3.63) is 89.3 Å². The lowest BCUT2D eigenvalue weighted by Crippen LogP contribution is -2.11. The Morgan fingerprint density at radius 3 is 2.25 bits per heavy atom. The van der Waals surface area contributed by atoms with Crippen molar-refractivity contribution >= 4 is 33.0 Å². The maximum absolute atomic E-state index is 12.8. The molecule has 6 heteroatoms. The van der Waals surface area contributed by atoms with E-state index in [4.69, 9.17) is 0 Å². The van der Waals surface area contributed by atoms with Gasteiger partial charge in [0.15, 0.2) is 0 Å². The zero-order chi connectivity index (χ0) is 19.7. The molecule has 0 spiro atoms. The van der Waals surface area contributed by atoms with Crippen LogP contribution >= 0.6 is 11.3 Å². The number of anilines is 1. The topological polar surface area (TPSA) is 29.1 Å². The zero-order valence-corrected chi connectivity index (χ0v) is 15.3. The van der Waals surface area contributed by atoms with Gasteiger partial charge in [0.2, 0.25) is 0 Å². The molecule has 0 saturated carbocycles. The maximum atomic E-state index is 12.8. The molecule has 3 aromatic carbocycles. The Balaban J connectivity index is 1.63. The fourth-order valence-corrected chi connectivity index (χ4v) is 3.92. The van der Waals surface area contributed by atoms with Gasteiger partial charge in [-0.25, -0.2) is 0 Å². The first kappa shape index (κ1) is 18.3. The third kappa shape index (κ3) is 3.64. The summed E-state index contributed by atoms with van der Waals surface area (Å²) in [5.74, 6) is -0.249. The highest BCUT2D eigenvalue weighted by atomic mass is 32.1. The van der Waals surface area contributed by atoms with Crippen LogP contribution in [-0.2, 0) is 6.18 Å². The highest BCUT2D eigenvalue weighted by molar-refractivity contribution is 7.20. The molecule has 4 aromatic rings. The Bertz CT molecular complexity index is 1110. The summed E-state index contributed by atoms with van der Waals surface area (Å²) in [6.45, 7) is 0. The molecule has 1 heterocycles. The average Bonchev–Trinajstić information content (AvgIpc) is 3.12. The number of fused-ring (bicyclic) bond motifs is 1. The molecule has 0 aliphatic heterocycles. The van der Waals surface area contributed by atoms with Crippen LogP contribution in [0.3, 0.4) is 0 Å². The van der Waals surface area contributed by atoms with E-state index in [1.807, 2.05) is 30.3 Å². The Kier molecular flexibility index (Phi) is 4.65. The maximum Gasteiger partial charge on any atom is 0.416 e. The highest BCUT2D eigenvalue weighted by Crippen LogP contribution is 2.34. The molecule has 0 unspecified atom stereocenters. The van der Waals surface area contributed by atoms with E-state index >= 15 is 0 Å². The number of carbonyl (C=O) groups excluding carboxylic acids is 1. The Hall–Kier alpha value is -3.12. The summed E-state index contributed by atoms with van der Waals surface area (Å²) >= 11 is 1.39. The number of hydrogen-bond acceptors (Lipinski definition) is 2. The Morgan fingerprint density at radius 2 is 1.54 bits per heavy atom. The fraction of sp³-hybridized carbons (Fsp3) is 0.0455. The number of rotatable bonds is 3. The summed E-state index contributed by atoms with van der Waals surface area (Å²) in [7, 11) is 0. The van der Waals surface area contributed by atoms with Gasteiger partial charge in [0.1, 0.15) is 0 Å². The first-order chi connectivity index (χ1) is 13.4. The number of halogens is 3. The third-order valence-corrected chi connectivity index (χ3v) is 5.46. The number of thiophene rings is 1. The average molecular weight is 397 g/mol. The summed E-state index contributed by atoms with van der Waals surface area (Å²) < 4.78 is 39.4. The molecule has 0 aliphatic rings. The lowest BCUT2D eigenvalue weighted by Gasteiger charge is -2.12. The molecule has 140 valence electrons. The molecule has 28 heavy (non-hydrogen) atoms. The van der Waals surface area contributed by atoms with E-state index in [9.17, 15) is 18.0 Å². The monoisotopic (exact) mass is 397 g/mol. The van der Waals surface area contributed by atoms with Gasteiger partial charge in [-0.3, -0.25) is 4.79 Å². The van der Waals surface area contributed by atoms with Crippen LogP contribution in [-0.4, -0.2) is 5.91 Å². The largest absolute Gasteiger partial charge is 0.416 e. The minimum Gasteiger partial charge on any atom is -0.321 e. The van der Waals surface area contributed by atoms with Crippen LogP contribution in [0.25, 0.3) is 21.2 Å². The van der Waals surface area contributed by atoms with E-state index in [1.165, 1.54) is 23.5 Å². The van der Waals surface area contributed by atoms with Gasteiger partial charge in [0, 0.05) is 16.0 Å². The van der Waals surface area contributed by atoms with Crippen LogP contribution < -0.4 is 5.32 Å². The van der Waals surface area contributed by atoms with Gasteiger partial charge < -0.3 is 5.32 Å². The van der Waals surface area contributed by atoms with Crippen LogP contribution in [0.4, 0.5) is 18.9 Å². The highest BCUT2D eigenvalue weighted by Gasteiger charge is 2.30. The van der Waals surface area contributed by atoms with E-state index in [-0.39, 0.29) is 5.91 Å². The van der Waals surface area contributed by atoms with Crippen molar-refractivity contribution in [1.82, 2.24) is 0 Å². The lowest BCUT2D eigenvalue weighted by molar-refractivity contribution is -0.137. The van der Waals surface area contributed by atoms with E-state index in [2.05, 4.69) is 5.32 Å². The number of carbonyl (C=O) groups is 1. The minimum atomic E-state index is -4.38. The summed E-state index contributed by atoms with van der Waals surface area (Å²) in [5.41, 5.74) is 1.10. The van der Waals surface area contributed by atoms with Crippen LogP contribution in [0.5, 0.6) is 0 Å². The van der Waals surface area contributed by atoms with Crippen LogP contribution in [0.15, 0.2) is 78.9 Å². The first-order valence-electron chi connectivity index (χ1n) is 8.48. The van der Waals surface area contributed by atoms with E-state index in [0.29, 0.717) is 21.7 Å². The summed E-state index contributed by atoms with van der Waals surface area (Å²) in [6.07, 6.45) is -4.38. The summed E-state index contributed by atoms with van der Waals surface area (Å²) in [6, 6.07) is 21.5. The first-order valence-corrected chi connectivity index (χ1v) is 9.30.